The van der Waals surface area contributed by atoms with Gasteiger partial charge in [-0.25, -0.2) is 0 Å². The number of pyridine rings is 2. The van der Waals surface area contributed by atoms with Crippen molar-refractivity contribution in [3.8, 4) is 5.75 Å². The normalized spacial score (nSPS) is 14.7. The van der Waals surface area contributed by atoms with E-state index in [-0.39, 0.29) is 17.4 Å². The fourth-order valence-electron chi connectivity index (χ4n) is 5.48. The number of hydrogen-bond donors (Lipinski definition) is 1. The largest absolute Gasteiger partial charge is 0.493 e. The number of benzene rings is 1. The van der Waals surface area contributed by atoms with E-state index in [9.17, 15) is 14.4 Å². The van der Waals surface area contributed by atoms with Gasteiger partial charge in [0.2, 0.25) is 11.8 Å². The number of hydrogen-bond acceptors (Lipinski definition) is 7. The molecule has 4 heterocycles. The number of aryl methyl sites for hydroxylation is 3. The summed E-state index contributed by atoms with van der Waals surface area (Å²) in [5.74, 6) is 0.222. The Balaban J connectivity index is 1.10. The van der Waals surface area contributed by atoms with E-state index in [1.54, 1.807) is 46.6 Å². The zero-order valence-corrected chi connectivity index (χ0v) is 26.3. The average Bonchev–Trinajstić information content (AvgIpc) is 3.38. The molecule has 0 bridgehead atoms. The van der Waals surface area contributed by atoms with Crippen molar-refractivity contribution in [2.75, 3.05) is 36.5 Å². The molecule has 0 saturated heterocycles. The Labute approximate surface area is 256 Å². The Morgan fingerprint density at radius 2 is 1.84 bits per heavy atom. The number of carbonyl (C=O) groups is 2. The zero-order chi connectivity index (χ0) is 30.7. The quantitative estimate of drug-likeness (QED) is 0.194. The minimum Gasteiger partial charge on any atom is -0.493 e. The number of thiophene rings is 1. The average molecular weight is 602 g/mol. The Hall–Kier alpha value is -4.02. The number of amides is 2. The Morgan fingerprint density at radius 1 is 1.02 bits per heavy atom. The summed E-state index contributed by atoms with van der Waals surface area (Å²) in [7, 11) is 1.71. The van der Waals surface area contributed by atoms with Crippen molar-refractivity contribution in [1.29, 1.82) is 0 Å². The Bertz CT molecular complexity index is 1710. The number of rotatable bonds is 11. The maximum atomic E-state index is 13.1. The summed E-state index contributed by atoms with van der Waals surface area (Å²) in [6.45, 7) is 10.3. The number of nitrogens with zero attached hydrogens (tertiary/aromatic N) is 4. The molecule has 9 nitrogen and oxygen atoms in total. The van der Waals surface area contributed by atoms with Crippen molar-refractivity contribution in [2.45, 2.75) is 53.6 Å². The van der Waals surface area contributed by atoms with E-state index in [1.165, 1.54) is 0 Å². The van der Waals surface area contributed by atoms with Crippen LogP contribution < -0.4 is 25.4 Å². The molecule has 0 saturated carbocycles. The van der Waals surface area contributed by atoms with Crippen molar-refractivity contribution in [1.82, 2.24) is 14.9 Å². The van der Waals surface area contributed by atoms with Gasteiger partial charge in [0.05, 0.1) is 23.4 Å². The molecule has 0 radical (unpaired) electrons. The van der Waals surface area contributed by atoms with Crippen molar-refractivity contribution in [3.63, 3.8) is 0 Å². The number of fused-ring (bicyclic) bond motifs is 2. The van der Waals surface area contributed by atoms with E-state index in [4.69, 9.17) is 4.74 Å². The highest BCUT2D eigenvalue weighted by Crippen LogP contribution is 2.40. The van der Waals surface area contributed by atoms with Gasteiger partial charge in [0, 0.05) is 66.8 Å². The van der Waals surface area contributed by atoms with Crippen LogP contribution in [0.2, 0.25) is 0 Å². The number of anilines is 2. The van der Waals surface area contributed by atoms with Crippen LogP contribution in [-0.2, 0) is 29.1 Å². The molecule has 43 heavy (non-hydrogen) atoms. The second-order valence-electron chi connectivity index (χ2n) is 11.4. The van der Waals surface area contributed by atoms with E-state index in [0.29, 0.717) is 49.8 Å². The molecular formula is C33H39N5O4S. The molecule has 3 aromatic heterocycles. The number of nitrogens with one attached hydrogen (secondary N) is 1. The SMILES string of the molecule is CCN1C(=O)C(C)(C)C(=O)N(C)c2cc(OCCCNCc3ccnc(CCn4ccc5sc(C)cc5c4=O)c3)ccc21. The lowest BCUT2D eigenvalue weighted by Gasteiger charge is -2.27. The van der Waals surface area contributed by atoms with E-state index >= 15 is 0 Å². The number of aromatic nitrogens is 2. The lowest BCUT2D eigenvalue weighted by Crippen LogP contribution is -2.47. The number of carbonyl (C=O) groups excluding carboxylic acids is 2. The minimum absolute atomic E-state index is 0.0512. The fraction of sp³-hybridized carbons (Fsp3) is 0.394. The van der Waals surface area contributed by atoms with Crippen LogP contribution in [-0.4, -0.2) is 48.1 Å². The van der Waals surface area contributed by atoms with Crippen molar-refractivity contribution in [3.05, 3.63) is 81.3 Å². The second kappa shape index (κ2) is 12.7. The monoisotopic (exact) mass is 601 g/mol. The molecule has 0 unspecified atom stereocenters. The topological polar surface area (TPSA) is 96.8 Å². The van der Waals surface area contributed by atoms with Crippen LogP contribution in [0.3, 0.4) is 0 Å². The first-order chi connectivity index (χ1) is 20.6. The summed E-state index contributed by atoms with van der Waals surface area (Å²) in [6, 6.07) is 13.6. The summed E-state index contributed by atoms with van der Waals surface area (Å²) >= 11 is 1.64. The van der Waals surface area contributed by atoms with Crippen LogP contribution in [0.15, 0.2) is 59.7 Å². The third-order valence-corrected chi connectivity index (χ3v) is 8.92. The zero-order valence-electron chi connectivity index (χ0n) is 25.5. The Kier molecular flexibility index (Phi) is 8.98. The van der Waals surface area contributed by atoms with Crippen LogP contribution in [0.1, 0.15) is 43.3 Å². The van der Waals surface area contributed by atoms with Crippen LogP contribution in [0, 0.1) is 12.3 Å². The van der Waals surface area contributed by atoms with Crippen LogP contribution in [0.4, 0.5) is 11.4 Å². The van der Waals surface area contributed by atoms with E-state index in [1.807, 2.05) is 62.6 Å². The molecule has 0 atom stereocenters. The van der Waals surface area contributed by atoms with Gasteiger partial charge >= 0.3 is 0 Å². The van der Waals surface area contributed by atoms with Gasteiger partial charge in [0.15, 0.2) is 0 Å². The van der Waals surface area contributed by atoms with Gasteiger partial charge < -0.3 is 24.4 Å². The third kappa shape index (κ3) is 6.35. The van der Waals surface area contributed by atoms with Crippen molar-refractivity contribution < 1.29 is 14.3 Å². The van der Waals surface area contributed by atoms with E-state index in [0.717, 1.165) is 39.2 Å². The molecule has 0 spiro atoms. The molecule has 1 aliphatic rings. The molecule has 1 aliphatic heterocycles. The number of ether oxygens (including phenoxy) is 1. The highest BCUT2D eigenvalue weighted by molar-refractivity contribution is 7.18. The maximum Gasteiger partial charge on any atom is 0.259 e. The van der Waals surface area contributed by atoms with Gasteiger partial charge in [0.25, 0.3) is 5.56 Å². The molecule has 2 amide bonds. The summed E-state index contributed by atoms with van der Waals surface area (Å²) in [6.07, 6.45) is 5.17. The van der Waals surface area contributed by atoms with Crippen molar-refractivity contribution >= 4 is 44.6 Å². The molecule has 0 aliphatic carbocycles. The smallest absolute Gasteiger partial charge is 0.259 e. The first-order valence-electron chi connectivity index (χ1n) is 14.7. The predicted molar refractivity (Wildman–Crippen MR) is 172 cm³/mol. The lowest BCUT2D eigenvalue weighted by molar-refractivity contribution is -0.137. The van der Waals surface area contributed by atoms with Gasteiger partial charge in [-0.15, -0.1) is 11.3 Å². The molecular weight excluding hydrogens is 562 g/mol. The molecule has 5 rings (SSSR count). The van der Waals surface area contributed by atoms with Gasteiger partial charge in [-0.2, -0.15) is 0 Å². The standard InChI is InChI=1S/C33H39N5O4S/c1-6-38-27-9-8-25(20-28(27)36(5)31(40)33(3,4)32(38)41)42-17-7-13-34-21-23-10-14-35-24(19-23)11-15-37-16-12-29-26(30(37)39)18-22(2)43-29/h8-10,12,14,16,18-20,34H,6-7,11,13,15,17,21H2,1-5H3. The van der Waals surface area contributed by atoms with Gasteiger partial charge in [0.1, 0.15) is 11.2 Å². The summed E-state index contributed by atoms with van der Waals surface area (Å²) < 4.78 is 8.80. The van der Waals surface area contributed by atoms with Crippen LogP contribution in [0.5, 0.6) is 5.75 Å². The fourth-order valence-corrected chi connectivity index (χ4v) is 6.39. The molecule has 4 aromatic rings. The molecule has 226 valence electrons. The van der Waals surface area contributed by atoms with Gasteiger partial charge in [-0.3, -0.25) is 19.4 Å². The van der Waals surface area contributed by atoms with Crippen LogP contribution >= 0.6 is 11.3 Å². The molecule has 10 heteroatoms. The van der Waals surface area contributed by atoms with Crippen LogP contribution in [0.25, 0.3) is 10.1 Å². The first-order valence-corrected chi connectivity index (χ1v) is 15.5. The summed E-state index contributed by atoms with van der Waals surface area (Å²) in [4.78, 5) is 47.8. The van der Waals surface area contributed by atoms with Gasteiger partial charge in [-0.1, -0.05) is 0 Å². The van der Waals surface area contributed by atoms with E-state index < -0.39 is 5.41 Å². The summed E-state index contributed by atoms with van der Waals surface area (Å²) in [5.41, 5.74) is 2.39. The van der Waals surface area contributed by atoms with Gasteiger partial charge in [-0.05, 0) is 82.6 Å². The molecule has 1 N–H and O–H groups in total. The third-order valence-electron chi connectivity index (χ3n) is 7.90. The lowest BCUT2D eigenvalue weighted by atomic mass is 9.90. The summed E-state index contributed by atoms with van der Waals surface area (Å²) in [5, 5.41) is 4.25. The molecule has 1 aromatic carbocycles. The second-order valence-corrected chi connectivity index (χ2v) is 12.7. The predicted octanol–water partition coefficient (Wildman–Crippen LogP) is 4.92. The first kappa shape index (κ1) is 30.4. The highest BCUT2D eigenvalue weighted by Gasteiger charge is 2.45. The van der Waals surface area contributed by atoms with Crippen molar-refractivity contribution in [2.24, 2.45) is 5.41 Å². The maximum absolute atomic E-state index is 13.1. The van der Waals surface area contributed by atoms with E-state index in [2.05, 4.69) is 16.4 Å². The Morgan fingerprint density at radius 3 is 2.63 bits per heavy atom. The minimum atomic E-state index is -1.14. The highest BCUT2D eigenvalue weighted by atomic mass is 32.1. The molecule has 0 fully saturated rings.